The summed E-state index contributed by atoms with van der Waals surface area (Å²) in [5, 5.41) is 11.2. The topological polar surface area (TPSA) is 111 Å². The predicted octanol–water partition coefficient (Wildman–Crippen LogP) is 1.59. The van der Waals surface area contributed by atoms with Crippen LogP contribution in [0.5, 0.6) is 5.75 Å². The zero-order valence-corrected chi connectivity index (χ0v) is 12.8. The fourth-order valence-corrected chi connectivity index (χ4v) is 1.14. The molecule has 0 spiro atoms. The van der Waals surface area contributed by atoms with Gasteiger partial charge in [0.15, 0.2) is 0 Å². The first kappa shape index (κ1) is 20.5. The first-order chi connectivity index (χ1) is 9.58. The van der Waals surface area contributed by atoms with E-state index in [1.165, 1.54) is 20.6 Å². The fourth-order valence-electron chi connectivity index (χ4n) is 1.14. The zero-order chi connectivity index (χ0) is 16.0. The van der Waals surface area contributed by atoms with E-state index in [0.717, 1.165) is 0 Å². The Bertz CT molecular complexity index is 371. The second-order valence-electron chi connectivity index (χ2n) is 3.69. The Labute approximate surface area is 121 Å². The lowest BCUT2D eigenvalue weighted by Crippen LogP contribution is -2.13. The van der Waals surface area contributed by atoms with Crippen molar-refractivity contribution in [2.75, 3.05) is 31.8 Å². The second-order valence-corrected chi connectivity index (χ2v) is 3.69. The normalized spacial score (nSPS) is 8.50. The van der Waals surface area contributed by atoms with Gasteiger partial charge in [-0.3, -0.25) is 4.79 Å². The van der Waals surface area contributed by atoms with Gasteiger partial charge in [0, 0.05) is 5.69 Å². The highest BCUT2D eigenvalue weighted by Gasteiger charge is 2.07. The Kier molecular flexibility index (Phi) is 14.0. The van der Waals surface area contributed by atoms with Gasteiger partial charge in [-0.1, -0.05) is 20.3 Å². The molecule has 0 aromatic heterocycles. The monoisotopic (exact) mass is 285 g/mol. The maximum absolute atomic E-state index is 11.2. The fraction of sp³-hybridized carbons (Fsp3) is 0.500. The van der Waals surface area contributed by atoms with Gasteiger partial charge < -0.3 is 26.6 Å². The molecule has 0 unspecified atom stereocenters. The zero-order valence-electron chi connectivity index (χ0n) is 12.8. The van der Waals surface area contributed by atoms with Crippen LogP contribution in [-0.4, -0.2) is 31.8 Å². The Balaban J connectivity index is 0. The molecule has 0 aliphatic heterocycles. The van der Waals surface area contributed by atoms with Gasteiger partial charge in [-0.25, -0.2) is 0 Å². The van der Waals surface area contributed by atoms with Crippen LogP contribution < -0.4 is 21.5 Å². The molecule has 0 aliphatic rings. The molecule has 6 N–H and O–H groups in total. The van der Waals surface area contributed by atoms with Crippen molar-refractivity contribution < 1.29 is 14.6 Å². The van der Waals surface area contributed by atoms with Crippen molar-refractivity contribution in [3.63, 3.8) is 0 Å². The summed E-state index contributed by atoms with van der Waals surface area (Å²) in [6.45, 7) is 4.07. The van der Waals surface area contributed by atoms with E-state index in [-0.39, 0.29) is 18.9 Å². The highest BCUT2D eigenvalue weighted by atomic mass is 16.5. The molecule has 116 valence electrons. The lowest BCUT2D eigenvalue weighted by molar-refractivity contribution is -0.116. The van der Waals surface area contributed by atoms with Crippen molar-refractivity contribution in [3.05, 3.63) is 18.2 Å². The van der Waals surface area contributed by atoms with Crippen LogP contribution in [0.4, 0.5) is 11.4 Å². The van der Waals surface area contributed by atoms with Crippen LogP contribution >= 0.6 is 0 Å². The molecule has 0 bridgehead atoms. The standard InChI is InChI=1S/C10H14N2O3.C3H8.CH5N/c1-15-9-3-2-7(11)6-8(9)12-10(14)4-5-13;1-3-2;1-2/h2-3,6,13H,4-5,11H2,1H3,(H,12,14);3H2,1-2H3;2H2,1H3. The second kappa shape index (κ2) is 13.6. The minimum atomic E-state index is -0.276. The van der Waals surface area contributed by atoms with Crippen LogP contribution in [-0.2, 0) is 4.79 Å². The average molecular weight is 285 g/mol. The van der Waals surface area contributed by atoms with E-state index in [4.69, 9.17) is 15.6 Å². The summed E-state index contributed by atoms with van der Waals surface area (Å²) in [4.78, 5) is 11.2. The third kappa shape index (κ3) is 9.18. The number of nitrogen functional groups attached to an aromatic ring is 1. The van der Waals surface area contributed by atoms with E-state index in [9.17, 15) is 4.79 Å². The number of carbonyl (C=O) groups excluding carboxylic acids is 1. The van der Waals surface area contributed by atoms with Gasteiger partial charge in [0.25, 0.3) is 0 Å². The summed E-state index contributed by atoms with van der Waals surface area (Å²) in [6.07, 6.45) is 1.30. The molecule has 1 aromatic carbocycles. The predicted molar refractivity (Wildman–Crippen MR) is 83.8 cm³/mol. The molecule has 1 rings (SSSR count). The first-order valence-electron chi connectivity index (χ1n) is 6.50. The van der Waals surface area contributed by atoms with Gasteiger partial charge in [0.05, 0.1) is 25.8 Å². The van der Waals surface area contributed by atoms with Crippen LogP contribution in [0.2, 0.25) is 0 Å². The number of hydrogen-bond acceptors (Lipinski definition) is 5. The summed E-state index contributed by atoms with van der Waals surface area (Å²) in [6, 6.07) is 4.96. The Morgan fingerprint density at radius 2 is 1.90 bits per heavy atom. The number of hydrogen-bond donors (Lipinski definition) is 4. The van der Waals surface area contributed by atoms with E-state index in [1.807, 2.05) is 0 Å². The van der Waals surface area contributed by atoms with Gasteiger partial charge in [-0.05, 0) is 25.2 Å². The molecule has 1 amide bonds. The maximum Gasteiger partial charge on any atom is 0.226 e. The van der Waals surface area contributed by atoms with Crippen molar-refractivity contribution >= 4 is 17.3 Å². The van der Waals surface area contributed by atoms with Gasteiger partial charge in [-0.2, -0.15) is 0 Å². The van der Waals surface area contributed by atoms with Crippen LogP contribution in [0.25, 0.3) is 0 Å². The number of methoxy groups -OCH3 is 1. The summed E-state index contributed by atoms with van der Waals surface area (Å²) >= 11 is 0. The molecule has 0 fully saturated rings. The molecular weight excluding hydrogens is 258 g/mol. The lowest BCUT2D eigenvalue weighted by atomic mass is 10.2. The van der Waals surface area contributed by atoms with Crippen LogP contribution in [0.15, 0.2) is 18.2 Å². The minimum absolute atomic E-state index is 0.0535. The molecule has 0 atom stereocenters. The smallest absolute Gasteiger partial charge is 0.226 e. The molecule has 6 heteroatoms. The average Bonchev–Trinajstić information content (AvgIpc) is 2.42. The summed E-state index contributed by atoms with van der Waals surface area (Å²) in [7, 11) is 3.01. The number of aliphatic hydroxyl groups excluding tert-OH is 1. The molecule has 6 nitrogen and oxygen atoms in total. The molecule has 0 heterocycles. The first-order valence-corrected chi connectivity index (χ1v) is 6.50. The van der Waals surface area contributed by atoms with Gasteiger partial charge in [0.2, 0.25) is 5.91 Å². The number of anilines is 2. The van der Waals surface area contributed by atoms with Gasteiger partial charge in [-0.15, -0.1) is 0 Å². The Hall–Kier alpha value is -1.79. The van der Waals surface area contributed by atoms with Gasteiger partial charge >= 0.3 is 0 Å². The van der Waals surface area contributed by atoms with Crippen molar-refractivity contribution in [1.29, 1.82) is 0 Å². The van der Waals surface area contributed by atoms with E-state index < -0.39 is 0 Å². The summed E-state index contributed by atoms with van der Waals surface area (Å²) in [5.41, 5.74) is 11.1. The molecule has 0 saturated carbocycles. The van der Waals surface area contributed by atoms with Crippen molar-refractivity contribution in [1.82, 2.24) is 0 Å². The number of benzene rings is 1. The molecule has 0 radical (unpaired) electrons. The number of carbonyl (C=O) groups is 1. The SMILES string of the molecule is CCC.CN.COc1ccc(N)cc1NC(=O)CCO. The third-order valence-electron chi connectivity index (χ3n) is 1.84. The number of nitrogens with two attached hydrogens (primary N) is 2. The van der Waals surface area contributed by atoms with E-state index in [2.05, 4.69) is 24.9 Å². The van der Waals surface area contributed by atoms with Crippen molar-refractivity contribution in [2.24, 2.45) is 5.73 Å². The van der Waals surface area contributed by atoms with Crippen LogP contribution in [0, 0.1) is 0 Å². The molecule has 0 aliphatic carbocycles. The lowest BCUT2D eigenvalue weighted by Gasteiger charge is -2.10. The minimum Gasteiger partial charge on any atom is -0.495 e. The van der Waals surface area contributed by atoms with Gasteiger partial charge in [0.1, 0.15) is 5.75 Å². The number of nitrogens with one attached hydrogen (secondary N) is 1. The van der Waals surface area contributed by atoms with Crippen molar-refractivity contribution in [3.8, 4) is 5.75 Å². The van der Waals surface area contributed by atoms with Crippen molar-refractivity contribution in [2.45, 2.75) is 26.7 Å². The molecular formula is C14H27N3O3. The number of amides is 1. The molecule has 0 saturated heterocycles. The van der Waals surface area contributed by atoms with Crippen LogP contribution in [0.1, 0.15) is 26.7 Å². The summed E-state index contributed by atoms with van der Waals surface area (Å²) < 4.78 is 5.05. The van der Waals surface area contributed by atoms with E-state index >= 15 is 0 Å². The number of aliphatic hydroxyl groups is 1. The molecule has 1 aromatic rings. The number of ether oxygens (including phenoxy) is 1. The quantitative estimate of drug-likeness (QED) is 0.628. The largest absolute Gasteiger partial charge is 0.495 e. The summed E-state index contributed by atoms with van der Waals surface area (Å²) in [5.74, 6) is 0.261. The number of rotatable bonds is 4. The highest BCUT2D eigenvalue weighted by molar-refractivity contribution is 5.92. The maximum atomic E-state index is 11.2. The Morgan fingerprint density at radius 3 is 2.35 bits per heavy atom. The highest BCUT2D eigenvalue weighted by Crippen LogP contribution is 2.26. The Morgan fingerprint density at radius 1 is 1.35 bits per heavy atom. The van der Waals surface area contributed by atoms with Crippen LogP contribution in [0.3, 0.4) is 0 Å². The van der Waals surface area contributed by atoms with E-state index in [0.29, 0.717) is 17.1 Å². The third-order valence-corrected chi connectivity index (χ3v) is 1.84. The van der Waals surface area contributed by atoms with E-state index in [1.54, 1.807) is 18.2 Å². The molecule has 20 heavy (non-hydrogen) atoms.